The van der Waals surface area contributed by atoms with Gasteiger partial charge in [0.05, 0.1) is 23.7 Å². The number of benzene rings is 1. The van der Waals surface area contributed by atoms with Gasteiger partial charge in [-0.15, -0.1) is 0 Å². The highest BCUT2D eigenvalue weighted by atomic mass is 16.5. The third-order valence-corrected chi connectivity index (χ3v) is 1.99. The molecule has 18 heavy (non-hydrogen) atoms. The van der Waals surface area contributed by atoms with Gasteiger partial charge in [-0.2, -0.15) is 0 Å². The topological polar surface area (TPSA) is 52.6 Å². The van der Waals surface area contributed by atoms with Crippen LogP contribution in [-0.4, -0.2) is 11.9 Å². The molecule has 0 aliphatic heterocycles. The first-order chi connectivity index (χ1) is 8.70. The van der Waals surface area contributed by atoms with Crippen LogP contribution in [0.25, 0.3) is 0 Å². The molecule has 0 amide bonds. The molecule has 94 valence electrons. The predicted molar refractivity (Wildman–Crippen MR) is 66.9 cm³/mol. The van der Waals surface area contributed by atoms with Gasteiger partial charge in [0, 0.05) is 0 Å². The van der Waals surface area contributed by atoms with Crippen LogP contribution in [0.1, 0.15) is 34.6 Å². The van der Waals surface area contributed by atoms with Crippen molar-refractivity contribution in [3.8, 4) is 0 Å². The van der Waals surface area contributed by atoms with E-state index in [1.54, 1.807) is 38.1 Å². The van der Waals surface area contributed by atoms with Gasteiger partial charge in [0.1, 0.15) is 0 Å². The average molecular weight is 246 g/mol. The molecule has 4 nitrogen and oxygen atoms in total. The quantitative estimate of drug-likeness (QED) is 0.605. The average Bonchev–Trinajstić information content (AvgIpc) is 2.42. The van der Waals surface area contributed by atoms with Crippen LogP contribution < -0.4 is 0 Å². The first kappa shape index (κ1) is 13.7. The summed E-state index contributed by atoms with van der Waals surface area (Å²) < 4.78 is 9.65. The Morgan fingerprint density at radius 3 is 1.61 bits per heavy atom. The summed E-state index contributed by atoms with van der Waals surface area (Å²) in [5, 5.41) is 0. The Kier molecular flexibility index (Phi) is 5.38. The standard InChI is InChI=1S/C14H14O4/c1-3-9-17-13(15)11-7-5-6-8-12(11)14(16)18-10-4-2/h3-10H,1-2H3. The molecule has 0 aliphatic carbocycles. The van der Waals surface area contributed by atoms with Gasteiger partial charge in [-0.05, 0) is 26.0 Å². The maximum Gasteiger partial charge on any atom is 0.343 e. The van der Waals surface area contributed by atoms with E-state index in [0.29, 0.717) is 0 Å². The molecule has 0 fully saturated rings. The van der Waals surface area contributed by atoms with Crippen LogP contribution in [0.3, 0.4) is 0 Å². The molecule has 4 heteroatoms. The van der Waals surface area contributed by atoms with Crippen molar-refractivity contribution in [1.82, 2.24) is 0 Å². The van der Waals surface area contributed by atoms with Crippen LogP contribution in [0.2, 0.25) is 0 Å². The SMILES string of the molecule is CC=COC(=O)c1ccccc1C(=O)OC=CC. The Morgan fingerprint density at radius 1 is 0.889 bits per heavy atom. The van der Waals surface area contributed by atoms with E-state index in [0.717, 1.165) is 0 Å². The number of hydrogen-bond donors (Lipinski definition) is 0. The predicted octanol–water partition coefficient (Wildman–Crippen LogP) is 3.07. The van der Waals surface area contributed by atoms with Gasteiger partial charge >= 0.3 is 11.9 Å². The summed E-state index contributed by atoms with van der Waals surface area (Å²) >= 11 is 0. The largest absolute Gasteiger partial charge is 0.431 e. The monoisotopic (exact) mass is 246 g/mol. The fraction of sp³-hybridized carbons (Fsp3) is 0.143. The second kappa shape index (κ2) is 7.06. The molecule has 0 aromatic heterocycles. The number of esters is 2. The molecular weight excluding hydrogens is 232 g/mol. The lowest BCUT2D eigenvalue weighted by molar-refractivity contribution is 0.0618. The number of rotatable bonds is 4. The fourth-order valence-corrected chi connectivity index (χ4v) is 1.23. The van der Waals surface area contributed by atoms with Crippen LogP contribution in [0.15, 0.2) is 48.9 Å². The molecule has 0 aliphatic rings. The van der Waals surface area contributed by atoms with Crippen molar-refractivity contribution in [2.75, 3.05) is 0 Å². The van der Waals surface area contributed by atoms with E-state index in [4.69, 9.17) is 9.47 Å². The molecule has 0 saturated heterocycles. The normalized spacial score (nSPS) is 10.8. The molecule has 0 heterocycles. The molecule has 0 spiro atoms. The Morgan fingerprint density at radius 2 is 1.28 bits per heavy atom. The summed E-state index contributed by atoms with van der Waals surface area (Å²) in [5.41, 5.74) is 0.343. The van der Waals surface area contributed by atoms with Crippen LogP contribution in [0.5, 0.6) is 0 Å². The van der Waals surface area contributed by atoms with Crippen molar-refractivity contribution >= 4 is 11.9 Å². The third-order valence-electron chi connectivity index (χ3n) is 1.99. The van der Waals surface area contributed by atoms with Gasteiger partial charge in [-0.3, -0.25) is 0 Å². The highest BCUT2D eigenvalue weighted by Gasteiger charge is 2.17. The zero-order valence-corrected chi connectivity index (χ0v) is 10.3. The van der Waals surface area contributed by atoms with Crippen LogP contribution in [0.4, 0.5) is 0 Å². The van der Waals surface area contributed by atoms with Crippen LogP contribution in [0, 0.1) is 0 Å². The van der Waals surface area contributed by atoms with Crippen molar-refractivity contribution < 1.29 is 19.1 Å². The molecule has 0 N–H and O–H groups in total. The Hall–Kier alpha value is -2.36. The summed E-state index contributed by atoms with van der Waals surface area (Å²) in [6, 6.07) is 6.33. The van der Waals surface area contributed by atoms with Crippen molar-refractivity contribution in [1.29, 1.82) is 0 Å². The summed E-state index contributed by atoms with van der Waals surface area (Å²) in [6.45, 7) is 3.44. The molecular formula is C14H14O4. The smallest absolute Gasteiger partial charge is 0.343 e. The van der Waals surface area contributed by atoms with Gasteiger partial charge in [-0.25, -0.2) is 9.59 Å². The van der Waals surface area contributed by atoms with Crippen molar-refractivity contribution in [3.63, 3.8) is 0 Å². The minimum atomic E-state index is -0.596. The molecule has 1 rings (SSSR count). The first-order valence-electron chi connectivity index (χ1n) is 5.44. The number of carbonyl (C=O) groups is 2. The van der Waals surface area contributed by atoms with E-state index in [-0.39, 0.29) is 11.1 Å². The molecule has 1 aromatic rings. The summed E-state index contributed by atoms with van der Waals surface area (Å²) in [5.74, 6) is -1.19. The Balaban J connectivity index is 2.98. The van der Waals surface area contributed by atoms with Gasteiger partial charge in [0.15, 0.2) is 0 Å². The maximum atomic E-state index is 11.7. The lowest BCUT2D eigenvalue weighted by atomic mass is 10.1. The van der Waals surface area contributed by atoms with Crippen molar-refractivity contribution in [3.05, 3.63) is 60.1 Å². The van der Waals surface area contributed by atoms with E-state index in [2.05, 4.69) is 0 Å². The summed E-state index contributed by atoms with van der Waals surface area (Å²) in [6.07, 6.45) is 5.68. The van der Waals surface area contributed by atoms with Crippen molar-refractivity contribution in [2.45, 2.75) is 13.8 Å². The molecule has 0 atom stereocenters. The molecule has 0 bridgehead atoms. The van der Waals surface area contributed by atoms with E-state index < -0.39 is 11.9 Å². The summed E-state index contributed by atoms with van der Waals surface area (Å²) in [4.78, 5) is 23.4. The van der Waals surface area contributed by atoms with Crippen LogP contribution >= 0.6 is 0 Å². The van der Waals surface area contributed by atoms with Crippen molar-refractivity contribution in [2.24, 2.45) is 0 Å². The van der Waals surface area contributed by atoms with Crippen LogP contribution in [-0.2, 0) is 9.47 Å². The zero-order chi connectivity index (χ0) is 13.4. The zero-order valence-electron chi connectivity index (χ0n) is 10.3. The first-order valence-corrected chi connectivity index (χ1v) is 5.44. The number of carbonyl (C=O) groups excluding carboxylic acids is 2. The highest BCUT2D eigenvalue weighted by Crippen LogP contribution is 2.12. The lowest BCUT2D eigenvalue weighted by Gasteiger charge is -2.05. The second-order valence-corrected chi connectivity index (χ2v) is 3.30. The minimum absolute atomic E-state index is 0.171. The molecule has 0 unspecified atom stereocenters. The highest BCUT2D eigenvalue weighted by molar-refractivity contribution is 6.03. The second-order valence-electron chi connectivity index (χ2n) is 3.30. The maximum absolute atomic E-state index is 11.7. The Bertz CT molecular complexity index is 441. The van der Waals surface area contributed by atoms with E-state index in [1.807, 2.05) is 0 Å². The fourth-order valence-electron chi connectivity index (χ4n) is 1.23. The summed E-state index contributed by atoms with van der Waals surface area (Å²) in [7, 11) is 0. The van der Waals surface area contributed by atoms with E-state index >= 15 is 0 Å². The van der Waals surface area contributed by atoms with Gasteiger partial charge in [-0.1, -0.05) is 24.3 Å². The van der Waals surface area contributed by atoms with Gasteiger partial charge in [0.25, 0.3) is 0 Å². The minimum Gasteiger partial charge on any atom is -0.431 e. The molecule has 0 radical (unpaired) electrons. The lowest BCUT2D eigenvalue weighted by Crippen LogP contribution is -2.10. The van der Waals surface area contributed by atoms with E-state index in [9.17, 15) is 9.59 Å². The molecule has 0 saturated carbocycles. The Labute approximate surface area is 106 Å². The third kappa shape index (κ3) is 3.59. The van der Waals surface area contributed by atoms with E-state index in [1.165, 1.54) is 24.7 Å². The number of hydrogen-bond acceptors (Lipinski definition) is 4. The number of ether oxygens (including phenoxy) is 2. The molecule has 1 aromatic carbocycles. The number of allylic oxidation sites excluding steroid dienone is 2. The van der Waals surface area contributed by atoms with Gasteiger partial charge in [0.2, 0.25) is 0 Å². The van der Waals surface area contributed by atoms with Gasteiger partial charge < -0.3 is 9.47 Å².